The topological polar surface area (TPSA) is 38.9 Å². The predicted octanol–water partition coefficient (Wildman–Crippen LogP) is 1.92. The fraction of sp³-hybridized carbons (Fsp3) is 0.500. The van der Waals surface area contributed by atoms with Crippen molar-refractivity contribution >= 4 is 0 Å². The summed E-state index contributed by atoms with van der Waals surface area (Å²) in [6.45, 7) is 2.87. The zero-order chi connectivity index (χ0) is 8.81. The number of rotatable bonds is 4. The minimum absolute atomic E-state index is 0.441. The van der Waals surface area contributed by atoms with Crippen molar-refractivity contribution in [2.24, 2.45) is 5.73 Å². The van der Waals surface area contributed by atoms with Crippen molar-refractivity contribution in [2.75, 3.05) is 6.54 Å². The fourth-order valence-electron chi connectivity index (χ4n) is 1.35. The third kappa shape index (κ3) is 2.31. The molecule has 0 aliphatic heterocycles. The van der Waals surface area contributed by atoms with Gasteiger partial charge in [-0.15, -0.1) is 0 Å². The summed E-state index contributed by atoms with van der Waals surface area (Å²) in [4.78, 5) is 4.29. The van der Waals surface area contributed by atoms with Crippen LogP contribution in [0.3, 0.4) is 0 Å². The number of hydrogen-bond acceptors (Lipinski definition) is 2. The van der Waals surface area contributed by atoms with Gasteiger partial charge in [0, 0.05) is 24.4 Å². The number of hydrogen-bond donors (Lipinski definition) is 1. The first-order valence-electron chi connectivity index (χ1n) is 4.49. The molecule has 0 radical (unpaired) electrons. The molecule has 0 fully saturated rings. The third-order valence-corrected chi connectivity index (χ3v) is 2.03. The molecule has 0 saturated carbocycles. The molecule has 1 atom stereocenters. The zero-order valence-corrected chi connectivity index (χ0v) is 7.53. The Morgan fingerprint density at radius 1 is 1.50 bits per heavy atom. The predicted molar refractivity (Wildman–Crippen MR) is 50.9 cm³/mol. The Morgan fingerprint density at radius 3 is 2.83 bits per heavy atom. The summed E-state index contributed by atoms with van der Waals surface area (Å²) < 4.78 is 0. The van der Waals surface area contributed by atoms with Gasteiger partial charge in [-0.05, 0) is 18.6 Å². The first kappa shape index (κ1) is 9.20. The number of pyridine rings is 1. The van der Waals surface area contributed by atoms with Crippen LogP contribution in [0.1, 0.15) is 31.4 Å². The van der Waals surface area contributed by atoms with E-state index in [9.17, 15) is 0 Å². The van der Waals surface area contributed by atoms with Crippen molar-refractivity contribution in [3.05, 3.63) is 30.1 Å². The molecule has 0 aliphatic rings. The quantitative estimate of drug-likeness (QED) is 0.738. The van der Waals surface area contributed by atoms with E-state index in [0.29, 0.717) is 12.5 Å². The number of nitrogens with two attached hydrogens (primary N) is 1. The summed E-state index contributed by atoms with van der Waals surface area (Å²) in [5.41, 5.74) is 6.78. The molecule has 1 aromatic heterocycles. The molecule has 1 rings (SSSR count). The summed E-state index contributed by atoms with van der Waals surface area (Å²) in [6, 6.07) is 6.00. The van der Waals surface area contributed by atoms with E-state index in [0.717, 1.165) is 12.1 Å². The van der Waals surface area contributed by atoms with Crippen molar-refractivity contribution in [3.63, 3.8) is 0 Å². The Balaban J connectivity index is 2.66. The first-order chi connectivity index (χ1) is 5.88. The minimum Gasteiger partial charge on any atom is -0.330 e. The molecule has 0 amide bonds. The van der Waals surface area contributed by atoms with Crippen molar-refractivity contribution < 1.29 is 0 Å². The minimum atomic E-state index is 0.441. The molecule has 0 aromatic carbocycles. The normalized spacial score (nSPS) is 12.8. The lowest BCUT2D eigenvalue weighted by Crippen LogP contribution is -2.13. The van der Waals surface area contributed by atoms with E-state index in [1.807, 2.05) is 24.4 Å². The van der Waals surface area contributed by atoms with E-state index >= 15 is 0 Å². The molecule has 0 spiro atoms. The maximum absolute atomic E-state index is 5.65. The van der Waals surface area contributed by atoms with E-state index < -0.39 is 0 Å². The summed E-state index contributed by atoms with van der Waals surface area (Å²) in [7, 11) is 0. The lowest BCUT2D eigenvalue weighted by atomic mass is 10.00. The van der Waals surface area contributed by atoms with Crippen LogP contribution >= 0.6 is 0 Å². The smallest absolute Gasteiger partial charge is 0.0447 e. The summed E-state index contributed by atoms with van der Waals surface area (Å²) in [5, 5.41) is 0. The lowest BCUT2D eigenvalue weighted by Gasteiger charge is -2.11. The van der Waals surface area contributed by atoms with Crippen LogP contribution in [0.15, 0.2) is 24.4 Å². The molecule has 2 heteroatoms. The first-order valence-corrected chi connectivity index (χ1v) is 4.49. The van der Waals surface area contributed by atoms with Crippen LogP contribution in [0.4, 0.5) is 0 Å². The fourth-order valence-corrected chi connectivity index (χ4v) is 1.35. The summed E-state index contributed by atoms with van der Waals surface area (Å²) in [5.74, 6) is 0.441. The van der Waals surface area contributed by atoms with E-state index in [1.54, 1.807) is 0 Å². The highest BCUT2D eigenvalue weighted by atomic mass is 14.7. The SMILES string of the molecule is CCC[C@H](CN)c1ccccn1. The van der Waals surface area contributed by atoms with Crippen LogP contribution in [0.25, 0.3) is 0 Å². The van der Waals surface area contributed by atoms with Crippen molar-refractivity contribution in [2.45, 2.75) is 25.7 Å². The molecule has 0 unspecified atom stereocenters. The van der Waals surface area contributed by atoms with Crippen molar-refractivity contribution in [1.82, 2.24) is 4.98 Å². The molecule has 2 N–H and O–H groups in total. The molecule has 66 valence electrons. The zero-order valence-electron chi connectivity index (χ0n) is 7.53. The Labute approximate surface area is 73.8 Å². The maximum atomic E-state index is 5.65. The van der Waals surface area contributed by atoms with E-state index in [4.69, 9.17) is 5.73 Å². The highest BCUT2D eigenvalue weighted by Gasteiger charge is 2.08. The lowest BCUT2D eigenvalue weighted by molar-refractivity contribution is 0.607. The molecule has 2 nitrogen and oxygen atoms in total. The van der Waals surface area contributed by atoms with Crippen LogP contribution in [-0.4, -0.2) is 11.5 Å². The summed E-state index contributed by atoms with van der Waals surface area (Å²) >= 11 is 0. The van der Waals surface area contributed by atoms with Gasteiger partial charge in [0.15, 0.2) is 0 Å². The van der Waals surface area contributed by atoms with Gasteiger partial charge in [-0.2, -0.15) is 0 Å². The van der Waals surface area contributed by atoms with Crippen molar-refractivity contribution in [3.8, 4) is 0 Å². The van der Waals surface area contributed by atoms with Gasteiger partial charge >= 0.3 is 0 Å². The molecule has 1 aromatic rings. The van der Waals surface area contributed by atoms with Gasteiger partial charge in [0.2, 0.25) is 0 Å². The molecular weight excluding hydrogens is 148 g/mol. The van der Waals surface area contributed by atoms with Gasteiger partial charge in [-0.3, -0.25) is 4.98 Å². The molecule has 1 heterocycles. The van der Waals surface area contributed by atoms with E-state index in [-0.39, 0.29) is 0 Å². The van der Waals surface area contributed by atoms with Crippen LogP contribution in [-0.2, 0) is 0 Å². The Kier molecular flexibility index (Phi) is 3.74. The standard InChI is InChI=1S/C10H16N2/c1-2-5-9(8-11)10-6-3-4-7-12-10/h3-4,6-7,9H,2,5,8,11H2,1H3/t9-/m1/s1. The highest BCUT2D eigenvalue weighted by Crippen LogP contribution is 2.16. The maximum Gasteiger partial charge on any atom is 0.0447 e. The molecular formula is C10H16N2. The molecule has 0 aliphatic carbocycles. The van der Waals surface area contributed by atoms with Gasteiger partial charge < -0.3 is 5.73 Å². The average molecular weight is 164 g/mol. The summed E-state index contributed by atoms with van der Waals surface area (Å²) in [6.07, 6.45) is 4.12. The second-order valence-corrected chi connectivity index (χ2v) is 2.98. The van der Waals surface area contributed by atoms with Gasteiger partial charge in [0.05, 0.1) is 0 Å². The molecule has 0 saturated heterocycles. The van der Waals surface area contributed by atoms with Gasteiger partial charge in [0.1, 0.15) is 0 Å². The number of aromatic nitrogens is 1. The van der Waals surface area contributed by atoms with Crippen LogP contribution < -0.4 is 5.73 Å². The number of nitrogens with zero attached hydrogens (tertiary/aromatic N) is 1. The Morgan fingerprint density at radius 2 is 2.33 bits per heavy atom. The monoisotopic (exact) mass is 164 g/mol. The molecule has 0 bridgehead atoms. The molecule has 12 heavy (non-hydrogen) atoms. The van der Waals surface area contributed by atoms with E-state index in [2.05, 4.69) is 11.9 Å². The van der Waals surface area contributed by atoms with Gasteiger partial charge in [0.25, 0.3) is 0 Å². The Hall–Kier alpha value is -0.890. The second kappa shape index (κ2) is 4.88. The average Bonchev–Trinajstić information content (AvgIpc) is 2.15. The van der Waals surface area contributed by atoms with Crippen LogP contribution in [0.2, 0.25) is 0 Å². The van der Waals surface area contributed by atoms with E-state index in [1.165, 1.54) is 6.42 Å². The largest absolute Gasteiger partial charge is 0.330 e. The van der Waals surface area contributed by atoms with Gasteiger partial charge in [-0.25, -0.2) is 0 Å². The highest BCUT2D eigenvalue weighted by molar-refractivity contribution is 5.09. The van der Waals surface area contributed by atoms with Crippen molar-refractivity contribution in [1.29, 1.82) is 0 Å². The Bertz CT molecular complexity index is 208. The van der Waals surface area contributed by atoms with Crippen LogP contribution in [0, 0.1) is 0 Å². The second-order valence-electron chi connectivity index (χ2n) is 2.98. The van der Waals surface area contributed by atoms with Gasteiger partial charge in [-0.1, -0.05) is 19.4 Å². The van der Waals surface area contributed by atoms with Crippen LogP contribution in [0.5, 0.6) is 0 Å². The third-order valence-electron chi connectivity index (χ3n) is 2.03.